The lowest BCUT2D eigenvalue weighted by atomic mass is 10.1. The fraction of sp³-hybridized carbons (Fsp3) is 0.111. The molecular weight excluding hydrogens is 360 g/mol. The summed E-state index contributed by atoms with van der Waals surface area (Å²) < 4.78 is 10.5. The molecule has 23 heavy (non-hydrogen) atoms. The van der Waals surface area contributed by atoms with Crippen LogP contribution < -0.4 is 4.74 Å². The number of allylic oxidation sites excluding steroid dienone is 1. The van der Waals surface area contributed by atoms with E-state index in [0.717, 1.165) is 10.0 Å². The van der Waals surface area contributed by atoms with Crippen LogP contribution in [-0.2, 0) is 4.74 Å². The van der Waals surface area contributed by atoms with Crippen molar-refractivity contribution in [3.8, 4) is 5.75 Å². The van der Waals surface area contributed by atoms with Crippen molar-refractivity contribution in [2.45, 2.75) is 0 Å². The Morgan fingerprint density at radius 1 is 1.00 bits per heavy atom. The minimum Gasteiger partial charge on any atom is -0.496 e. The van der Waals surface area contributed by atoms with Gasteiger partial charge >= 0.3 is 5.97 Å². The highest BCUT2D eigenvalue weighted by Gasteiger charge is 2.07. The van der Waals surface area contributed by atoms with Crippen LogP contribution in [0.5, 0.6) is 5.75 Å². The molecule has 0 spiro atoms. The monoisotopic (exact) mass is 374 g/mol. The Kier molecular flexibility index (Phi) is 5.71. The molecule has 0 aliphatic carbocycles. The summed E-state index contributed by atoms with van der Waals surface area (Å²) in [5.41, 5.74) is 1.84. The summed E-state index contributed by atoms with van der Waals surface area (Å²) in [4.78, 5) is 23.5. The summed E-state index contributed by atoms with van der Waals surface area (Å²) in [6.07, 6.45) is 3.18. The number of hydrogen-bond acceptors (Lipinski definition) is 4. The van der Waals surface area contributed by atoms with Crippen molar-refractivity contribution in [2.75, 3.05) is 14.2 Å². The van der Waals surface area contributed by atoms with Gasteiger partial charge in [-0.1, -0.05) is 18.2 Å². The molecule has 0 saturated heterocycles. The molecule has 118 valence electrons. The van der Waals surface area contributed by atoms with Gasteiger partial charge in [0.2, 0.25) is 0 Å². The van der Waals surface area contributed by atoms with Gasteiger partial charge in [0, 0.05) is 5.56 Å². The standard InChI is InChI=1S/C18H15BrO4/c1-22-17-10-8-14(11-15(17)19)16(20)9-5-12-3-6-13(7-4-12)18(21)23-2/h3-11H,1-2H3/b9-5+. The van der Waals surface area contributed by atoms with Crippen molar-refractivity contribution < 1.29 is 19.1 Å². The van der Waals surface area contributed by atoms with E-state index >= 15 is 0 Å². The molecule has 0 aliphatic rings. The number of rotatable bonds is 5. The van der Waals surface area contributed by atoms with E-state index in [-0.39, 0.29) is 11.8 Å². The first-order chi connectivity index (χ1) is 11.0. The minimum absolute atomic E-state index is 0.120. The number of ether oxygens (including phenoxy) is 2. The molecule has 2 rings (SSSR count). The van der Waals surface area contributed by atoms with Crippen LogP contribution in [0.4, 0.5) is 0 Å². The number of ketones is 1. The van der Waals surface area contributed by atoms with Crippen molar-refractivity contribution in [1.29, 1.82) is 0 Å². The van der Waals surface area contributed by atoms with Gasteiger partial charge in [-0.25, -0.2) is 4.79 Å². The molecule has 0 amide bonds. The molecule has 2 aromatic carbocycles. The van der Waals surface area contributed by atoms with Crippen molar-refractivity contribution in [1.82, 2.24) is 0 Å². The van der Waals surface area contributed by atoms with Gasteiger partial charge < -0.3 is 9.47 Å². The van der Waals surface area contributed by atoms with Gasteiger partial charge in [-0.05, 0) is 57.9 Å². The number of halogens is 1. The first-order valence-corrected chi connectivity index (χ1v) is 7.59. The summed E-state index contributed by atoms with van der Waals surface area (Å²) in [5.74, 6) is 0.161. The van der Waals surface area contributed by atoms with Crippen LogP contribution in [0.25, 0.3) is 6.08 Å². The summed E-state index contributed by atoms with van der Waals surface area (Å²) in [7, 11) is 2.90. The number of methoxy groups -OCH3 is 2. The molecule has 5 heteroatoms. The van der Waals surface area contributed by atoms with Crippen molar-refractivity contribution in [2.24, 2.45) is 0 Å². The summed E-state index contributed by atoms with van der Waals surface area (Å²) in [6, 6.07) is 12.0. The van der Waals surface area contributed by atoms with Gasteiger partial charge in [0.15, 0.2) is 5.78 Å². The Morgan fingerprint density at radius 2 is 1.65 bits per heavy atom. The van der Waals surface area contributed by atoms with Crippen molar-refractivity contribution in [3.05, 3.63) is 69.7 Å². The van der Waals surface area contributed by atoms with E-state index < -0.39 is 0 Å². The van der Waals surface area contributed by atoms with Gasteiger partial charge in [0.1, 0.15) is 5.75 Å². The van der Waals surface area contributed by atoms with Crippen LogP contribution in [-0.4, -0.2) is 26.0 Å². The van der Waals surface area contributed by atoms with E-state index in [9.17, 15) is 9.59 Å². The first kappa shape index (κ1) is 17.0. The topological polar surface area (TPSA) is 52.6 Å². The maximum Gasteiger partial charge on any atom is 0.337 e. The zero-order chi connectivity index (χ0) is 16.8. The number of hydrogen-bond donors (Lipinski definition) is 0. The molecular formula is C18H15BrO4. The molecule has 0 bridgehead atoms. The molecule has 0 fully saturated rings. The summed E-state index contributed by atoms with van der Waals surface area (Å²) in [6.45, 7) is 0. The first-order valence-electron chi connectivity index (χ1n) is 6.79. The number of esters is 1. The van der Waals surface area contributed by atoms with Gasteiger partial charge in [0.05, 0.1) is 24.3 Å². The van der Waals surface area contributed by atoms with Gasteiger partial charge in [0.25, 0.3) is 0 Å². The average Bonchev–Trinajstić information content (AvgIpc) is 2.59. The second-order valence-electron chi connectivity index (χ2n) is 4.66. The fourth-order valence-electron chi connectivity index (χ4n) is 1.94. The summed E-state index contributed by atoms with van der Waals surface area (Å²) >= 11 is 3.35. The molecule has 0 heterocycles. The Hall–Kier alpha value is -2.40. The van der Waals surface area contributed by atoms with Crippen LogP contribution >= 0.6 is 15.9 Å². The average molecular weight is 375 g/mol. The number of carbonyl (C=O) groups is 2. The number of carbonyl (C=O) groups excluding carboxylic acids is 2. The van der Waals surface area contributed by atoms with E-state index in [1.54, 1.807) is 55.7 Å². The molecule has 0 N–H and O–H groups in total. The lowest BCUT2D eigenvalue weighted by molar-refractivity contribution is 0.0600. The Labute approximate surface area is 142 Å². The third-order valence-electron chi connectivity index (χ3n) is 3.20. The van der Waals surface area contributed by atoms with Crippen LogP contribution in [0.1, 0.15) is 26.3 Å². The van der Waals surface area contributed by atoms with Gasteiger partial charge in [-0.15, -0.1) is 0 Å². The zero-order valence-corrected chi connectivity index (χ0v) is 14.3. The quantitative estimate of drug-likeness (QED) is 0.448. The zero-order valence-electron chi connectivity index (χ0n) is 12.7. The molecule has 0 atom stereocenters. The third-order valence-corrected chi connectivity index (χ3v) is 3.81. The SMILES string of the molecule is COC(=O)c1ccc(/C=C/C(=O)c2ccc(OC)c(Br)c2)cc1. The Balaban J connectivity index is 2.11. The van der Waals surface area contributed by atoms with E-state index in [1.165, 1.54) is 13.2 Å². The Morgan fingerprint density at radius 3 is 2.22 bits per heavy atom. The fourth-order valence-corrected chi connectivity index (χ4v) is 2.48. The highest BCUT2D eigenvalue weighted by molar-refractivity contribution is 9.10. The predicted molar refractivity (Wildman–Crippen MR) is 91.8 cm³/mol. The smallest absolute Gasteiger partial charge is 0.337 e. The maximum absolute atomic E-state index is 12.2. The van der Waals surface area contributed by atoms with Gasteiger partial charge in [-0.2, -0.15) is 0 Å². The van der Waals surface area contributed by atoms with E-state index in [4.69, 9.17) is 4.74 Å². The van der Waals surface area contributed by atoms with Crippen molar-refractivity contribution in [3.63, 3.8) is 0 Å². The van der Waals surface area contributed by atoms with E-state index in [2.05, 4.69) is 20.7 Å². The van der Waals surface area contributed by atoms with Crippen molar-refractivity contribution >= 4 is 33.8 Å². The lowest BCUT2D eigenvalue weighted by Crippen LogP contribution is -2.00. The summed E-state index contributed by atoms with van der Waals surface area (Å²) in [5, 5.41) is 0. The van der Waals surface area contributed by atoms with Crippen LogP contribution in [0, 0.1) is 0 Å². The predicted octanol–water partition coefficient (Wildman–Crippen LogP) is 4.14. The molecule has 0 saturated carbocycles. The second-order valence-corrected chi connectivity index (χ2v) is 5.51. The number of benzene rings is 2. The Bertz CT molecular complexity index is 748. The van der Waals surface area contributed by atoms with Crippen LogP contribution in [0.2, 0.25) is 0 Å². The molecule has 4 nitrogen and oxygen atoms in total. The molecule has 0 aliphatic heterocycles. The molecule has 2 aromatic rings. The van der Waals surface area contributed by atoms with E-state index in [0.29, 0.717) is 16.9 Å². The normalized spacial score (nSPS) is 10.6. The highest BCUT2D eigenvalue weighted by atomic mass is 79.9. The lowest BCUT2D eigenvalue weighted by Gasteiger charge is -2.04. The van der Waals surface area contributed by atoms with Crippen LogP contribution in [0.3, 0.4) is 0 Å². The van der Waals surface area contributed by atoms with E-state index in [1.807, 2.05) is 0 Å². The molecule has 0 unspecified atom stereocenters. The second kappa shape index (κ2) is 7.74. The highest BCUT2D eigenvalue weighted by Crippen LogP contribution is 2.25. The molecule has 0 radical (unpaired) electrons. The minimum atomic E-state index is -0.389. The van der Waals surface area contributed by atoms with Crippen LogP contribution in [0.15, 0.2) is 53.0 Å². The largest absolute Gasteiger partial charge is 0.496 e. The van der Waals surface area contributed by atoms with Gasteiger partial charge in [-0.3, -0.25) is 4.79 Å². The molecule has 0 aromatic heterocycles. The maximum atomic E-state index is 12.2. The third kappa shape index (κ3) is 4.29.